The Hall–Kier alpha value is -2.62. The number of benzene rings is 2. The Kier molecular flexibility index (Phi) is 3.46. The largest absolute Gasteiger partial charge is 0.438 e. The molecule has 0 spiro atoms. The van der Waals surface area contributed by atoms with E-state index in [4.69, 9.17) is 4.74 Å². The molecule has 2 aromatic carbocycles. The predicted molar refractivity (Wildman–Crippen MR) is 76.8 cm³/mol. The van der Waals surface area contributed by atoms with Crippen molar-refractivity contribution in [1.82, 2.24) is 15.0 Å². The van der Waals surface area contributed by atoms with Gasteiger partial charge in [0.25, 0.3) is 0 Å². The Morgan fingerprint density at radius 1 is 1.00 bits per heavy atom. The van der Waals surface area contributed by atoms with Crippen molar-refractivity contribution in [2.75, 3.05) is 0 Å². The number of ether oxygens (including phenoxy) is 1. The molecule has 0 aliphatic heterocycles. The predicted octanol–water partition coefficient (Wildman–Crippen LogP) is 3.43. The SMILES string of the molecule is Cc1ccc(Oc2cnnn2Cc2ccccc2)cc1. The molecule has 1 aromatic heterocycles. The summed E-state index contributed by atoms with van der Waals surface area (Å²) in [6, 6.07) is 18.0. The van der Waals surface area contributed by atoms with Crippen LogP contribution in [0.4, 0.5) is 0 Å². The van der Waals surface area contributed by atoms with Crippen LogP contribution in [0.1, 0.15) is 11.1 Å². The molecule has 4 nitrogen and oxygen atoms in total. The maximum absolute atomic E-state index is 5.81. The first-order valence-corrected chi connectivity index (χ1v) is 6.48. The number of aromatic nitrogens is 3. The molecule has 0 radical (unpaired) electrons. The van der Waals surface area contributed by atoms with Gasteiger partial charge in [-0.05, 0) is 24.6 Å². The average Bonchev–Trinajstić information content (AvgIpc) is 2.90. The zero-order chi connectivity index (χ0) is 13.8. The van der Waals surface area contributed by atoms with Crippen LogP contribution < -0.4 is 4.74 Å². The van der Waals surface area contributed by atoms with Crippen LogP contribution in [0.3, 0.4) is 0 Å². The normalized spacial score (nSPS) is 10.4. The summed E-state index contributed by atoms with van der Waals surface area (Å²) in [4.78, 5) is 0. The second kappa shape index (κ2) is 5.57. The minimum Gasteiger partial charge on any atom is -0.438 e. The third-order valence-electron chi connectivity index (χ3n) is 3.00. The number of rotatable bonds is 4. The van der Waals surface area contributed by atoms with E-state index in [1.54, 1.807) is 10.9 Å². The first-order chi connectivity index (χ1) is 9.81. The van der Waals surface area contributed by atoms with Crippen molar-refractivity contribution in [3.63, 3.8) is 0 Å². The summed E-state index contributed by atoms with van der Waals surface area (Å²) in [6.45, 7) is 2.69. The fourth-order valence-corrected chi connectivity index (χ4v) is 1.92. The molecule has 4 heteroatoms. The number of nitrogens with zero attached hydrogens (tertiary/aromatic N) is 3. The lowest BCUT2D eigenvalue weighted by Gasteiger charge is -2.08. The molecule has 0 aliphatic rings. The third-order valence-corrected chi connectivity index (χ3v) is 3.00. The highest BCUT2D eigenvalue weighted by molar-refractivity contribution is 5.29. The lowest BCUT2D eigenvalue weighted by atomic mass is 10.2. The monoisotopic (exact) mass is 265 g/mol. The van der Waals surface area contributed by atoms with Crippen LogP contribution in [0, 0.1) is 6.92 Å². The Labute approximate surface area is 117 Å². The van der Waals surface area contributed by atoms with Gasteiger partial charge in [0.05, 0.1) is 6.54 Å². The first kappa shape index (κ1) is 12.4. The van der Waals surface area contributed by atoms with Gasteiger partial charge in [-0.3, -0.25) is 0 Å². The molecule has 3 rings (SSSR count). The molecule has 0 saturated heterocycles. The van der Waals surface area contributed by atoms with Crippen LogP contribution in [0.15, 0.2) is 60.8 Å². The summed E-state index contributed by atoms with van der Waals surface area (Å²) >= 11 is 0. The minimum absolute atomic E-state index is 0.637. The van der Waals surface area contributed by atoms with Crippen LogP contribution in [-0.2, 0) is 6.54 Å². The zero-order valence-corrected chi connectivity index (χ0v) is 11.2. The van der Waals surface area contributed by atoms with Crippen LogP contribution in [-0.4, -0.2) is 15.0 Å². The zero-order valence-electron chi connectivity index (χ0n) is 11.2. The van der Waals surface area contributed by atoms with Gasteiger partial charge in [0.2, 0.25) is 5.88 Å². The second-order valence-corrected chi connectivity index (χ2v) is 4.63. The van der Waals surface area contributed by atoms with Crippen LogP contribution in [0.5, 0.6) is 11.6 Å². The Balaban J connectivity index is 1.78. The van der Waals surface area contributed by atoms with Crippen molar-refractivity contribution in [3.05, 3.63) is 71.9 Å². The number of hydrogen-bond donors (Lipinski definition) is 0. The minimum atomic E-state index is 0.637. The summed E-state index contributed by atoms with van der Waals surface area (Å²) in [5, 5.41) is 7.99. The van der Waals surface area contributed by atoms with Crippen molar-refractivity contribution in [2.24, 2.45) is 0 Å². The molecule has 3 aromatic rings. The first-order valence-electron chi connectivity index (χ1n) is 6.48. The molecule has 0 amide bonds. The molecule has 100 valence electrons. The fraction of sp³-hybridized carbons (Fsp3) is 0.125. The highest BCUT2D eigenvalue weighted by Gasteiger charge is 2.06. The van der Waals surface area contributed by atoms with Crippen molar-refractivity contribution in [3.8, 4) is 11.6 Å². The molecular formula is C16H15N3O. The average molecular weight is 265 g/mol. The van der Waals surface area contributed by atoms with E-state index in [1.165, 1.54) is 5.56 Å². The van der Waals surface area contributed by atoms with E-state index in [9.17, 15) is 0 Å². The highest BCUT2D eigenvalue weighted by atomic mass is 16.5. The molecule has 20 heavy (non-hydrogen) atoms. The quantitative estimate of drug-likeness (QED) is 0.725. The summed E-state index contributed by atoms with van der Waals surface area (Å²) in [7, 11) is 0. The Morgan fingerprint density at radius 3 is 2.50 bits per heavy atom. The number of hydrogen-bond acceptors (Lipinski definition) is 3. The summed E-state index contributed by atoms with van der Waals surface area (Å²) in [5.74, 6) is 1.42. The van der Waals surface area contributed by atoms with Crippen molar-refractivity contribution in [1.29, 1.82) is 0 Å². The van der Waals surface area contributed by atoms with Gasteiger partial charge in [-0.15, -0.1) is 5.10 Å². The maximum atomic E-state index is 5.81. The van der Waals surface area contributed by atoms with E-state index in [0.29, 0.717) is 12.4 Å². The van der Waals surface area contributed by atoms with Gasteiger partial charge in [-0.25, -0.2) is 4.68 Å². The van der Waals surface area contributed by atoms with E-state index in [0.717, 1.165) is 11.3 Å². The standard InChI is InChI=1S/C16H15N3O/c1-13-7-9-15(10-8-13)20-16-11-17-18-19(16)12-14-5-3-2-4-6-14/h2-11H,12H2,1H3. The lowest BCUT2D eigenvalue weighted by Crippen LogP contribution is -2.04. The summed E-state index contributed by atoms with van der Waals surface area (Å²) in [6.07, 6.45) is 1.63. The van der Waals surface area contributed by atoms with E-state index >= 15 is 0 Å². The third kappa shape index (κ3) is 2.85. The van der Waals surface area contributed by atoms with Gasteiger partial charge in [0, 0.05) is 0 Å². The highest BCUT2D eigenvalue weighted by Crippen LogP contribution is 2.21. The van der Waals surface area contributed by atoms with Gasteiger partial charge in [0.1, 0.15) is 11.9 Å². The molecular weight excluding hydrogens is 250 g/mol. The van der Waals surface area contributed by atoms with Gasteiger partial charge in [-0.2, -0.15) is 0 Å². The van der Waals surface area contributed by atoms with E-state index < -0.39 is 0 Å². The van der Waals surface area contributed by atoms with Crippen molar-refractivity contribution < 1.29 is 4.74 Å². The number of aryl methyl sites for hydroxylation is 1. The van der Waals surface area contributed by atoms with Gasteiger partial charge in [0.15, 0.2) is 0 Å². The molecule has 0 fully saturated rings. The van der Waals surface area contributed by atoms with Crippen molar-refractivity contribution in [2.45, 2.75) is 13.5 Å². The summed E-state index contributed by atoms with van der Waals surface area (Å²) in [5.41, 5.74) is 2.36. The summed E-state index contributed by atoms with van der Waals surface area (Å²) < 4.78 is 7.56. The Morgan fingerprint density at radius 2 is 1.75 bits per heavy atom. The van der Waals surface area contributed by atoms with E-state index in [2.05, 4.69) is 22.4 Å². The molecule has 0 unspecified atom stereocenters. The molecule has 1 heterocycles. The fourth-order valence-electron chi connectivity index (χ4n) is 1.92. The maximum Gasteiger partial charge on any atom is 0.238 e. The molecule has 0 N–H and O–H groups in total. The lowest BCUT2D eigenvalue weighted by molar-refractivity contribution is 0.419. The van der Waals surface area contributed by atoms with Crippen molar-refractivity contribution >= 4 is 0 Å². The smallest absolute Gasteiger partial charge is 0.238 e. The van der Waals surface area contributed by atoms with Gasteiger partial charge in [-0.1, -0.05) is 53.2 Å². The van der Waals surface area contributed by atoms with E-state index in [1.807, 2.05) is 49.4 Å². The molecule has 0 aliphatic carbocycles. The molecule has 0 bridgehead atoms. The van der Waals surface area contributed by atoms with Crippen LogP contribution in [0.2, 0.25) is 0 Å². The van der Waals surface area contributed by atoms with Crippen LogP contribution in [0.25, 0.3) is 0 Å². The van der Waals surface area contributed by atoms with Gasteiger partial charge >= 0.3 is 0 Å². The Bertz CT molecular complexity index is 674. The molecule has 0 saturated carbocycles. The van der Waals surface area contributed by atoms with Crippen LogP contribution >= 0.6 is 0 Å². The topological polar surface area (TPSA) is 39.9 Å². The van der Waals surface area contributed by atoms with E-state index in [-0.39, 0.29) is 0 Å². The molecule has 0 atom stereocenters. The second-order valence-electron chi connectivity index (χ2n) is 4.63. The van der Waals surface area contributed by atoms with Gasteiger partial charge < -0.3 is 4.74 Å².